The van der Waals surface area contributed by atoms with Gasteiger partial charge in [0.2, 0.25) is 4.96 Å². The van der Waals surface area contributed by atoms with Crippen LogP contribution in [0, 0.1) is 13.8 Å². The normalized spacial score (nSPS) is 14.3. The van der Waals surface area contributed by atoms with Crippen molar-refractivity contribution in [1.82, 2.24) is 19.8 Å². The smallest absolute Gasteiger partial charge is 0.355 e. The van der Waals surface area contributed by atoms with E-state index in [9.17, 15) is 9.59 Å². The van der Waals surface area contributed by atoms with E-state index >= 15 is 0 Å². The molecule has 3 heterocycles. The Labute approximate surface area is 175 Å². The Morgan fingerprint density at radius 3 is 2.60 bits per heavy atom. The number of carbonyl (C=O) groups excluding carboxylic acids is 2. The molecule has 10 nitrogen and oxygen atoms in total. The number of esters is 2. The maximum absolute atomic E-state index is 12.6. The van der Waals surface area contributed by atoms with Crippen LogP contribution in [0.2, 0.25) is 0 Å². The molecule has 0 fully saturated rings. The first-order valence-electron chi connectivity index (χ1n) is 8.99. The van der Waals surface area contributed by atoms with Crippen LogP contribution >= 0.6 is 11.3 Å². The summed E-state index contributed by atoms with van der Waals surface area (Å²) in [6.45, 7) is 3.78. The van der Waals surface area contributed by atoms with Crippen LogP contribution < -0.4 is 4.90 Å². The second-order valence-corrected chi connectivity index (χ2v) is 7.52. The molecule has 0 N–H and O–H groups in total. The molecular formula is C19H19N5O5S. The van der Waals surface area contributed by atoms with E-state index in [4.69, 9.17) is 14.2 Å². The van der Waals surface area contributed by atoms with Crippen molar-refractivity contribution in [2.24, 2.45) is 0 Å². The molecule has 0 unspecified atom stereocenters. The molecule has 0 saturated carbocycles. The zero-order chi connectivity index (χ0) is 21.4. The first-order valence-corrected chi connectivity index (χ1v) is 9.81. The van der Waals surface area contributed by atoms with Crippen LogP contribution in [-0.4, -0.2) is 59.3 Å². The van der Waals surface area contributed by atoms with Crippen molar-refractivity contribution in [3.05, 3.63) is 40.9 Å². The van der Waals surface area contributed by atoms with Crippen LogP contribution in [-0.2, 0) is 23.8 Å². The maximum atomic E-state index is 12.6. The van der Waals surface area contributed by atoms with Crippen LogP contribution in [0.25, 0.3) is 15.5 Å². The Morgan fingerprint density at radius 2 is 1.90 bits per heavy atom. The fourth-order valence-corrected chi connectivity index (χ4v) is 4.08. The predicted molar refractivity (Wildman–Crippen MR) is 108 cm³/mol. The van der Waals surface area contributed by atoms with Gasteiger partial charge in [0.05, 0.1) is 26.4 Å². The van der Waals surface area contributed by atoms with Crippen molar-refractivity contribution in [3.8, 4) is 10.6 Å². The monoisotopic (exact) mass is 429 g/mol. The summed E-state index contributed by atoms with van der Waals surface area (Å²) in [5.74, 6) is -0.584. The standard InChI is InChI=1S/C19H19N5O5S/c1-10-5-6-12(16-22-24-11(2)20-21-19(24)30-16)7-14(10)23-9-29-8-13(17(25)27-3)15(23)18(26)28-4/h5-7H,8-9H2,1-4H3. The van der Waals surface area contributed by atoms with Crippen LogP contribution in [0.1, 0.15) is 11.4 Å². The van der Waals surface area contributed by atoms with E-state index in [1.54, 1.807) is 9.42 Å². The molecule has 1 aliphatic rings. The van der Waals surface area contributed by atoms with E-state index in [-0.39, 0.29) is 24.6 Å². The molecule has 1 aromatic carbocycles. The molecule has 0 radical (unpaired) electrons. The second kappa shape index (κ2) is 7.84. The van der Waals surface area contributed by atoms with E-state index in [2.05, 4.69) is 15.3 Å². The third-order valence-corrected chi connectivity index (χ3v) is 5.67. The SMILES string of the molecule is COC(=O)C1=C(C(=O)OC)N(c2cc(-c3nn4c(C)nnc4s3)ccc2C)COC1. The van der Waals surface area contributed by atoms with Gasteiger partial charge < -0.3 is 19.1 Å². The van der Waals surface area contributed by atoms with Crippen molar-refractivity contribution in [2.75, 3.05) is 32.5 Å². The van der Waals surface area contributed by atoms with Crippen molar-refractivity contribution in [1.29, 1.82) is 0 Å². The Kier molecular flexibility index (Phi) is 5.22. The lowest BCUT2D eigenvalue weighted by atomic mass is 10.1. The quantitative estimate of drug-likeness (QED) is 0.574. The first kappa shape index (κ1) is 20.0. The molecule has 3 aromatic rings. The van der Waals surface area contributed by atoms with Crippen molar-refractivity contribution >= 4 is 33.9 Å². The average Bonchev–Trinajstić information content (AvgIpc) is 3.34. The van der Waals surface area contributed by atoms with Gasteiger partial charge in [0.25, 0.3) is 0 Å². The zero-order valence-electron chi connectivity index (χ0n) is 16.8. The number of rotatable bonds is 4. The molecule has 4 rings (SSSR count). The van der Waals surface area contributed by atoms with Gasteiger partial charge >= 0.3 is 11.9 Å². The number of ether oxygens (including phenoxy) is 3. The summed E-state index contributed by atoms with van der Waals surface area (Å²) < 4.78 is 17.0. The van der Waals surface area contributed by atoms with E-state index in [1.165, 1.54) is 25.6 Å². The predicted octanol–water partition coefficient (Wildman–Crippen LogP) is 1.86. The fourth-order valence-electron chi connectivity index (χ4n) is 3.20. The highest BCUT2D eigenvalue weighted by atomic mass is 32.1. The summed E-state index contributed by atoms with van der Waals surface area (Å²) in [6, 6.07) is 5.75. The van der Waals surface area contributed by atoms with Crippen LogP contribution in [0.3, 0.4) is 0 Å². The van der Waals surface area contributed by atoms with Gasteiger partial charge in [0.15, 0.2) is 5.82 Å². The molecule has 30 heavy (non-hydrogen) atoms. The number of hydrogen-bond donors (Lipinski definition) is 0. The number of fused-ring (bicyclic) bond motifs is 1. The van der Waals surface area contributed by atoms with E-state index in [1.807, 2.05) is 32.0 Å². The van der Waals surface area contributed by atoms with Crippen molar-refractivity contribution in [2.45, 2.75) is 13.8 Å². The topological polar surface area (TPSA) is 108 Å². The van der Waals surface area contributed by atoms with E-state index in [0.29, 0.717) is 16.5 Å². The number of methoxy groups -OCH3 is 2. The fraction of sp³-hybridized carbons (Fsp3) is 0.316. The third kappa shape index (κ3) is 3.31. The summed E-state index contributed by atoms with van der Waals surface area (Å²) in [7, 11) is 2.52. The number of hydrogen-bond acceptors (Lipinski definition) is 10. The highest BCUT2D eigenvalue weighted by molar-refractivity contribution is 7.19. The summed E-state index contributed by atoms with van der Waals surface area (Å²) >= 11 is 1.40. The molecule has 0 aliphatic carbocycles. The summed E-state index contributed by atoms with van der Waals surface area (Å²) in [4.78, 5) is 27.1. The molecule has 156 valence electrons. The van der Waals surface area contributed by atoms with Crippen molar-refractivity contribution in [3.63, 3.8) is 0 Å². The van der Waals surface area contributed by atoms with Crippen molar-refractivity contribution < 1.29 is 23.8 Å². The molecule has 0 amide bonds. The molecule has 2 aromatic heterocycles. The number of carbonyl (C=O) groups is 2. The molecule has 0 atom stereocenters. The van der Waals surface area contributed by atoms with Gasteiger partial charge in [0, 0.05) is 11.3 Å². The average molecular weight is 429 g/mol. The highest BCUT2D eigenvalue weighted by Gasteiger charge is 2.33. The molecule has 1 aliphatic heterocycles. The molecule has 0 spiro atoms. The van der Waals surface area contributed by atoms with Crippen LogP contribution in [0.15, 0.2) is 29.5 Å². The van der Waals surface area contributed by atoms with Crippen LogP contribution in [0.4, 0.5) is 5.69 Å². The van der Waals surface area contributed by atoms with Crippen LogP contribution in [0.5, 0.6) is 0 Å². The number of nitrogens with zero attached hydrogens (tertiary/aromatic N) is 5. The first-order chi connectivity index (χ1) is 14.4. The Balaban J connectivity index is 1.83. The number of aromatic nitrogens is 4. The lowest BCUT2D eigenvalue weighted by Crippen LogP contribution is -2.39. The molecule has 0 bridgehead atoms. The van der Waals surface area contributed by atoms with Gasteiger partial charge in [-0.05, 0) is 25.5 Å². The zero-order valence-corrected chi connectivity index (χ0v) is 17.6. The van der Waals surface area contributed by atoms with Gasteiger partial charge in [-0.3, -0.25) is 0 Å². The minimum Gasteiger partial charge on any atom is -0.466 e. The molecule has 0 saturated heterocycles. The Bertz CT molecular complexity index is 1180. The molecular weight excluding hydrogens is 410 g/mol. The summed E-state index contributed by atoms with van der Waals surface area (Å²) in [5, 5.41) is 13.4. The lowest BCUT2D eigenvalue weighted by molar-refractivity contribution is -0.140. The number of aryl methyl sites for hydroxylation is 2. The van der Waals surface area contributed by atoms with E-state index in [0.717, 1.165) is 16.1 Å². The number of benzene rings is 1. The minimum absolute atomic E-state index is 0.0394. The largest absolute Gasteiger partial charge is 0.466 e. The van der Waals surface area contributed by atoms with Gasteiger partial charge in [-0.1, -0.05) is 23.5 Å². The van der Waals surface area contributed by atoms with Gasteiger partial charge in [-0.2, -0.15) is 9.61 Å². The minimum atomic E-state index is -0.641. The van der Waals surface area contributed by atoms with Gasteiger partial charge in [-0.25, -0.2) is 9.59 Å². The maximum Gasteiger partial charge on any atom is 0.355 e. The summed E-state index contributed by atoms with van der Waals surface area (Å²) in [6.07, 6.45) is 0. The Morgan fingerprint density at radius 1 is 1.13 bits per heavy atom. The number of anilines is 1. The summed E-state index contributed by atoms with van der Waals surface area (Å²) in [5.41, 5.74) is 2.62. The lowest BCUT2D eigenvalue weighted by Gasteiger charge is -2.32. The van der Waals surface area contributed by atoms with Gasteiger partial charge in [0.1, 0.15) is 17.4 Å². The highest BCUT2D eigenvalue weighted by Crippen LogP contribution is 2.34. The molecule has 11 heteroatoms. The van der Waals surface area contributed by atoms with Gasteiger partial charge in [-0.15, -0.1) is 10.2 Å². The van der Waals surface area contributed by atoms with E-state index < -0.39 is 11.9 Å². The second-order valence-electron chi connectivity index (χ2n) is 6.57. The third-order valence-electron chi connectivity index (χ3n) is 4.73. The Hall–Kier alpha value is -3.31.